The fourth-order valence-corrected chi connectivity index (χ4v) is 2.55. The Kier molecular flexibility index (Phi) is 3.35. The summed E-state index contributed by atoms with van der Waals surface area (Å²) in [5.41, 5.74) is 0.457. The van der Waals surface area contributed by atoms with Crippen molar-refractivity contribution >= 4 is 5.91 Å². The van der Waals surface area contributed by atoms with Gasteiger partial charge in [-0.3, -0.25) is 14.7 Å². The first kappa shape index (κ1) is 12.4. The average molecular weight is 262 g/mol. The third-order valence-corrected chi connectivity index (χ3v) is 3.85. The monoisotopic (exact) mass is 262 g/mol. The summed E-state index contributed by atoms with van der Waals surface area (Å²) in [6.07, 6.45) is 2.84. The van der Waals surface area contributed by atoms with E-state index in [0.29, 0.717) is 11.6 Å². The Morgan fingerprint density at radius 2 is 2.00 bits per heavy atom. The smallest absolute Gasteiger partial charge is 0.255 e. The number of carbonyl (C=O) groups excluding carboxylic acids is 1. The fraction of sp³-hybridized carbons (Fsp3) is 0.538. The van der Waals surface area contributed by atoms with Crippen molar-refractivity contribution in [3.63, 3.8) is 0 Å². The van der Waals surface area contributed by atoms with Crippen molar-refractivity contribution in [2.75, 3.05) is 39.3 Å². The van der Waals surface area contributed by atoms with Gasteiger partial charge in [0.1, 0.15) is 5.75 Å². The summed E-state index contributed by atoms with van der Waals surface area (Å²) in [5, 5.41) is 12.6. The number of nitrogens with one attached hydrogen (secondary N) is 1. The van der Waals surface area contributed by atoms with Gasteiger partial charge in [0, 0.05) is 51.5 Å². The fourth-order valence-electron chi connectivity index (χ4n) is 2.55. The summed E-state index contributed by atoms with van der Waals surface area (Å²) in [4.78, 5) is 20.4. The Bertz CT molecular complexity index is 467. The predicted octanol–water partition coefficient (Wildman–Crippen LogP) is -0.483. The van der Waals surface area contributed by atoms with Gasteiger partial charge < -0.3 is 15.3 Å². The first-order valence-electron chi connectivity index (χ1n) is 6.62. The summed E-state index contributed by atoms with van der Waals surface area (Å²) in [5.74, 6) is -0.0141. The van der Waals surface area contributed by atoms with Gasteiger partial charge in [0.25, 0.3) is 5.91 Å². The van der Waals surface area contributed by atoms with Gasteiger partial charge in [-0.2, -0.15) is 0 Å². The van der Waals surface area contributed by atoms with Crippen molar-refractivity contribution in [1.29, 1.82) is 0 Å². The van der Waals surface area contributed by atoms with Gasteiger partial charge in [-0.1, -0.05) is 0 Å². The molecule has 3 rings (SSSR count). The highest BCUT2D eigenvalue weighted by atomic mass is 16.3. The molecule has 1 aromatic rings. The van der Waals surface area contributed by atoms with Crippen LogP contribution in [0.2, 0.25) is 0 Å². The largest absolute Gasteiger partial charge is 0.506 e. The van der Waals surface area contributed by atoms with Crippen LogP contribution in [0, 0.1) is 0 Å². The standard InChI is InChI=1S/C13H18N4O2/c18-12-5-10(6-14-9-12)13(19)17-3-1-16(2-4-17)11-7-15-8-11/h5-6,9,11,15,18H,1-4,7-8H2. The SMILES string of the molecule is O=C(c1cncc(O)c1)N1CCN(C2CNC2)CC1. The molecule has 6 nitrogen and oxygen atoms in total. The number of aromatic hydroxyl groups is 1. The minimum absolute atomic E-state index is 0.0324. The lowest BCUT2D eigenvalue weighted by atomic mass is 10.1. The molecule has 0 spiro atoms. The first-order chi connectivity index (χ1) is 9.24. The highest BCUT2D eigenvalue weighted by Crippen LogP contribution is 2.14. The summed E-state index contributed by atoms with van der Waals surface area (Å²) >= 11 is 0. The zero-order chi connectivity index (χ0) is 13.2. The Balaban J connectivity index is 1.60. The van der Waals surface area contributed by atoms with Crippen molar-refractivity contribution in [3.8, 4) is 5.75 Å². The topological polar surface area (TPSA) is 68.7 Å². The van der Waals surface area contributed by atoms with Crippen LogP contribution in [0.25, 0.3) is 0 Å². The molecule has 2 aliphatic heterocycles. The number of rotatable bonds is 2. The van der Waals surface area contributed by atoms with Crippen molar-refractivity contribution < 1.29 is 9.90 Å². The molecule has 1 aromatic heterocycles. The molecule has 2 aliphatic rings. The second kappa shape index (κ2) is 5.14. The lowest BCUT2D eigenvalue weighted by Crippen LogP contribution is -2.62. The van der Waals surface area contributed by atoms with Gasteiger partial charge in [-0.15, -0.1) is 0 Å². The summed E-state index contributed by atoms with van der Waals surface area (Å²) < 4.78 is 0. The highest BCUT2D eigenvalue weighted by molar-refractivity contribution is 5.94. The molecule has 0 aliphatic carbocycles. The van der Waals surface area contributed by atoms with Crippen molar-refractivity contribution in [2.45, 2.75) is 6.04 Å². The maximum Gasteiger partial charge on any atom is 0.255 e. The van der Waals surface area contributed by atoms with E-state index in [4.69, 9.17) is 0 Å². The van der Waals surface area contributed by atoms with E-state index in [1.807, 2.05) is 4.90 Å². The minimum atomic E-state index is -0.0465. The van der Waals surface area contributed by atoms with E-state index in [9.17, 15) is 9.90 Å². The van der Waals surface area contributed by atoms with Crippen molar-refractivity contribution in [2.24, 2.45) is 0 Å². The number of aromatic nitrogens is 1. The lowest BCUT2D eigenvalue weighted by molar-refractivity contribution is 0.0501. The van der Waals surface area contributed by atoms with Crippen molar-refractivity contribution in [3.05, 3.63) is 24.0 Å². The maximum atomic E-state index is 12.3. The van der Waals surface area contributed by atoms with E-state index in [1.54, 1.807) is 0 Å². The molecular weight excluding hydrogens is 244 g/mol. The van der Waals surface area contributed by atoms with Crippen LogP contribution in [-0.4, -0.2) is 71.1 Å². The number of hydrogen-bond acceptors (Lipinski definition) is 5. The first-order valence-corrected chi connectivity index (χ1v) is 6.62. The Morgan fingerprint density at radius 1 is 1.26 bits per heavy atom. The van der Waals surface area contributed by atoms with Crippen LogP contribution in [0.4, 0.5) is 0 Å². The molecule has 2 saturated heterocycles. The van der Waals surface area contributed by atoms with E-state index in [1.165, 1.54) is 18.5 Å². The molecular formula is C13H18N4O2. The molecule has 3 heterocycles. The van der Waals surface area contributed by atoms with Crippen LogP contribution in [-0.2, 0) is 0 Å². The molecule has 102 valence electrons. The zero-order valence-corrected chi connectivity index (χ0v) is 10.7. The van der Waals surface area contributed by atoms with E-state index in [0.717, 1.165) is 39.3 Å². The second-order valence-corrected chi connectivity index (χ2v) is 5.07. The predicted molar refractivity (Wildman–Crippen MR) is 70.0 cm³/mol. The zero-order valence-electron chi connectivity index (χ0n) is 10.7. The summed E-state index contributed by atoms with van der Waals surface area (Å²) in [6.45, 7) is 5.44. The highest BCUT2D eigenvalue weighted by Gasteiger charge is 2.29. The molecule has 1 amide bonds. The Morgan fingerprint density at radius 3 is 2.58 bits per heavy atom. The Labute approximate surface area is 112 Å². The lowest BCUT2D eigenvalue weighted by Gasteiger charge is -2.43. The number of hydrogen-bond donors (Lipinski definition) is 2. The van der Waals surface area contributed by atoms with Gasteiger partial charge >= 0.3 is 0 Å². The van der Waals surface area contributed by atoms with Gasteiger partial charge in [0.2, 0.25) is 0 Å². The van der Waals surface area contributed by atoms with Gasteiger partial charge in [0.05, 0.1) is 11.8 Å². The molecule has 0 unspecified atom stereocenters. The molecule has 2 fully saturated rings. The molecule has 19 heavy (non-hydrogen) atoms. The normalized spacial score (nSPS) is 21.2. The number of piperazine rings is 1. The van der Waals surface area contributed by atoms with E-state index < -0.39 is 0 Å². The van der Waals surface area contributed by atoms with E-state index in [-0.39, 0.29) is 11.7 Å². The second-order valence-electron chi connectivity index (χ2n) is 5.07. The molecule has 0 bridgehead atoms. The number of pyridine rings is 1. The van der Waals surface area contributed by atoms with E-state index in [2.05, 4.69) is 15.2 Å². The summed E-state index contributed by atoms with van der Waals surface area (Å²) in [6, 6.07) is 2.11. The molecule has 6 heteroatoms. The van der Waals surface area contributed by atoms with Crippen LogP contribution in [0.15, 0.2) is 18.5 Å². The van der Waals surface area contributed by atoms with Crippen LogP contribution in [0.3, 0.4) is 0 Å². The number of nitrogens with zero attached hydrogens (tertiary/aromatic N) is 3. The molecule has 2 N–H and O–H groups in total. The van der Waals surface area contributed by atoms with Crippen LogP contribution in [0.5, 0.6) is 5.75 Å². The number of amides is 1. The number of carbonyl (C=O) groups is 1. The van der Waals surface area contributed by atoms with E-state index >= 15 is 0 Å². The molecule has 0 radical (unpaired) electrons. The van der Waals surface area contributed by atoms with Gasteiger partial charge in [0.15, 0.2) is 0 Å². The maximum absolute atomic E-state index is 12.3. The van der Waals surface area contributed by atoms with Crippen LogP contribution >= 0.6 is 0 Å². The molecule has 0 atom stereocenters. The summed E-state index contributed by atoms with van der Waals surface area (Å²) in [7, 11) is 0. The molecule has 0 saturated carbocycles. The third-order valence-electron chi connectivity index (χ3n) is 3.85. The Hall–Kier alpha value is -1.66. The third kappa shape index (κ3) is 2.54. The minimum Gasteiger partial charge on any atom is -0.506 e. The quantitative estimate of drug-likeness (QED) is 0.753. The van der Waals surface area contributed by atoms with Gasteiger partial charge in [-0.05, 0) is 6.07 Å². The van der Waals surface area contributed by atoms with Crippen molar-refractivity contribution in [1.82, 2.24) is 20.1 Å². The molecule has 0 aromatic carbocycles. The van der Waals surface area contributed by atoms with Crippen LogP contribution < -0.4 is 5.32 Å². The van der Waals surface area contributed by atoms with Crippen LogP contribution in [0.1, 0.15) is 10.4 Å². The average Bonchev–Trinajstić information content (AvgIpc) is 2.37. The van der Waals surface area contributed by atoms with Gasteiger partial charge in [-0.25, -0.2) is 0 Å².